The highest BCUT2D eigenvalue weighted by molar-refractivity contribution is 6.01. The largest absolute Gasteiger partial charge is 0.352 e. The maximum Gasteiger partial charge on any atom is 0.131 e. The van der Waals surface area contributed by atoms with Gasteiger partial charge in [-0.3, -0.25) is 15.1 Å². The highest BCUT2D eigenvalue weighted by atomic mass is 19.1. The Hall–Kier alpha value is -4.32. The predicted octanol–water partition coefficient (Wildman–Crippen LogP) is 5.97. The summed E-state index contributed by atoms with van der Waals surface area (Å²) in [5.74, 6) is -0.273. The molecule has 148 valence electrons. The van der Waals surface area contributed by atoms with E-state index in [1.54, 1.807) is 30.7 Å². The van der Waals surface area contributed by atoms with E-state index in [0.717, 1.165) is 50.0 Å². The number of nitrogens with zero attached hydrogens (tertiary/aromatic N) is 3. The first-order valence-electron chi connectivity index (χ1n) is 9.89. The number of benzene rings is 2. The van der Waals surface area contributed by atoms with Crippen LogP contribution in [0.1, 0.15) is 0 Å². The summed E-state index contributed by atoms with van der Waals surface area (Å²) in [6, 6.07) is 20.7. The summed E-state index contributed by atoms with van der Waals surface area (Å²) in [6.07, 6.45) is 5.22. The molecular weight excluding hydrogens is 389 g/mol. The van der Waals surface area contributed by atoms with Crippen LogP contribution in [0.15, 0.2) is 85.3 Å². The number of hydrogen-bond donors (Lipinski definition) is 2. The standard InChI is InChI=1S/C25H16FN5/c26-20-6-2-1-5-16(20)19-13-27-14-24-17(19)12-23(29-24)25-18-11-15(8-9-22(18)30-31-25)21-7-3-4-10-28-21/h1-14,29H,(H,30,31). The molecule has 0 aliphatic carbocycles. The van der Waals surface area contributed by atoms with Crippen molar-refractivity contribution in [3.63, 3.8) is 0 Å². The Kier molecular flexibility index (Phi) is 3.89. The van der Waals surface area contributed by atoms with Gasteiger partial charge >= 0.3 is 0 Å². The average molecular weight is 405 g/mol. The molecule has 2 aromatic carbocycles. The third-order valence-corrected chi connectivity index (χ3v) is 5.49. The molecule has 0 spiro atoms. The van der Waals surface area contributed by atoms with Crippen molar-refractivity contribution < 1.29 is 4.39 Å². The lowest BCUT2D eigenvalue weighted by Gasteiger charge is -2.03. The van der Waals surface area contributed by atoms with Gasteiger partial charge in [-0.25, -0.2) is 4.39 Å². The Morgan fingerprint density at radius 2 is 1.68 bits per heavy atom. The van der Waals surface area contributed by atoms with Crippen molar-refractivity contribution in [2.24, 2.45) is 0 Å². The molecule has 0 aliphatic rings. The molecule has 0 saturated heterocycles. The van der Waals surface area contributed by atoms with Crippen LogP contribution in [0, 0.1) is 5.82 Å². The minimum atomic E-state index is -0.273. The summed E-state index contributed by atoms with van der Waals surface area (Å²) in [5, 5.41) is 9.52. The Labute approximate surface area is 176 Å². The van der Waals surface area contributed by atoms with E-state index < -0.39 is 0 Å². The van der Waals surface area contributed by atoms with E-state index in [0.29, 0.717) is 5.56 Å². The molecular formula is C25H16FN5. The van der Waals surface area contributed by atoms with Crippen molar-refractivity contribution in [2.75, 3.05) is 0 Å². The number of H-pyrrole nitrogens is 2. The summed E-state index contributed by atoms with van der Waals surface area (Å²) < 4.78 is 14.4. The number of fused-ring (bicyclic) bond motifs is 2. The van der Waals surface area contributed by atoms with Crippen molar-refractivity contribution in [3.8, 4) is 33.8 Å². The van der Waals surface area contributed by atoms with Gasteiger partial charge in [-0.2, -0.15) is 5.10 Å². The van der Waals surface area contributed by atoms with E-state index in [4.69, 9.17) is 0 Å². The van der Waals surface area contributed by atoms with E-state index in [1.807, 2.05) is 42.5 Å². The summed E-state index contributed by atoms with van der Waals surface area (Å²) >= 11 is 0. The average Bonchev–Trinajstić information content (AvgIpc) is 3.43. The van der Waals surface area contributed by atoms with Crippen molar-refractivity contribution >= 4 is 21.8 Å². The first-order valence-corrected chi connectivity index (χ1v) is 9.89. The fourth-order valence-corrected chi connectivity index (χ4v) is 3.99. The van der Waals surface area contributed by atoms with Gasteiger partial charge in [0.2, 0.25) is 0 Å². The summed E-state index contributed by atoms with van der Waals surface area (Å²) in [4.78, 5) is 12.2. The Bertz CT molecular complexity index is 1550. The topological polar surface area (TPSA) is 70.2 Å². The first-order chi connectivity index (χ1) is 15.3. The molecule has 0 unspecified atom stereocenters. The van der Waals surface area contributed by atoms with E-state index >= 15 is 0 Å². The number of aromatic amines is 2. The van der Waals surface area contributed by atoms with Crippen LogP contribution >= 0.6 is 0 Å². The first kappa shape index (κ1) is 17.5. The molecule has 6 aromatic rings. The van der Waals surface area contributed by atoms with Gasteiger partial charge < -0.3 is 4.98 Å². The van der Waals surface area contributed by atoms with Crippen molar-refractivity contribution in [3.05, 3.63) is 91.1 Å². The number of rotatable bonds is 3. The maximum atomic E-state index is 14.4. The zero-order valence-corrected chi connectivity index (χ0v) is 16.3. The van der Waals surface area contributed by atoms with E-state index in [2.05, 4.69) is 31.2 Å². The minimum Gasteiger partial charge on any atom is -0.352 e. The second kappa shape index (κ2) is 6.88. The molecule has 0 atom stereocenters. The molecule has 0 amide bonds. The monoisotopic (exact) mass is 405 g/mol. The molecule has 0 fully saturated rings. The van der Waals surface area contributed by atoms with Gasteiger partial charge in [0.25, 0.3) is 0 Å². The zero-order valence-electron chi connectivity index (χ0n) is 16.3. The number of hydrogen-bond acceptors (Lipinski definition) is 3. The second-order valence-electron chi connectivity index (χ2n) is 7.36. The van der Waals surface area contributed by atoms with Gasteiger partial charge in [-0.1, -0.05) is 30.3 Å². The molecule has 5 nitrogen and oxygen atoms in total. The van der Waals surface area contributed by atoms with Crippen molar-refractivity contribution in [1.82, 2.24) is 25.1 Å². The third kappa shape index (κ3) is 2.88. The lowest BCUT2D eigenvalue weighted by molar-refractivity contribution is 0.631. The molecule has 0 radical (unpaired) electrons. The SMILES string of the molecule is Fc1ccccc1-c1cncc2[nH]c(-c3n[nH]c4ccc(-c5ccccn5)cc34)cc12. The quantitative estimate of drug-likeness (QED) is 0.381. The van der Waals surface area contributed by atoms with Gasteiger partial charge in [0.05, 0.1) is 28.6 Å². The van der Waals surface area contributed by atoms with Gasteiger partial charge in [0, 0.05) is 39.9 Å². The van der Waals surface area contributed by atoms with Crippen LogP contribution in [0.2, 0.25) is 0 Å². The van der Waals surface area contributed by atoms with E-state index in [9.17, 15) is 4.39 Å². The highest BCUT2D eigenvalue weighted by Crippen LogP contribution is 2.35. The van der Waals surface area contributed by atoms with E-state index in [-0.39, 0.29) is 5.82 Å². The van der Waals surface area contributed by atoms with Crippen molar-refractivity contribution in [1.29, 1.82) is 0 Å². The van der Waals surface area contributed by atoms with Crippen LogP contribution in [0.4, 0.5) is 4.39 Å². The molecule has 0 aliphatic heterocycles. The molecule has 6 rings (SSSR count). The van der Waals surface area contributed by atoms with Gasteiger partial charge in [-0.05, 0) is 36.4 Å². The molecule has 6 heteroatoms. The fraction of sp³-hybridized carbons (Fsp3) is 0. The van der Waals surface area contributed by atoms with Crippen LogP contribution in [0.25, 0.3) is 55.6 Å². The van der Waals surface area contributed by atoms with Crippen molar-refractivity contribution in [2.45, 2.75) is 0 Å². The molecule has 2 N–H and O–H groups in total. The van der Waals surface area contributed by atoms with Crippen LogP contribution in [0.3, 0.4) is 0 Å². The molecule has 4 heterocycles. The Balaban J connectivity index is 1.53. The minimum absolute atomic E-state index is 0.273. The van der Waals surface area contributed by atoms with Crippen LogP contribution in [-0.4, -0.2) is 25.1 Å². The fourth-order valence-electron chi connectivity index (χ4n) is 3.99. The van der Waals surface area contributed by atoms with Crippen LogP contribution in [0.5, 0.6) is 0 Å². The number of halogens is 1. The second-order valence-corrected chi connectivity index (χ2v) is 7.36. The summed E-state index contributed by atoms with van der Waals surface area (Å²) in [6.45, 7) is 0. The third-order valence-electron chi connectivity index (χ3n) is 5.49. The normalized spacial score (nSPS) is 11.4. The molecule has 0 saturated carbocycles. The van der Waals surface area contributed by atoms with E-state index in [1.165, 1.54) is 6.07 Å². The number of nitrogens with one attached hydrogen (secondary N) is 2. The van der Waals surface area contributed by atoms with Gasteiger partial charge in [0.1, 0.15) is 11.5 Å². The summed E-state index contributed by atoms with van der Waals surface area (Å²) in [5.41, 5.74) is 6.57. The zero-order chi connectivity index (χ0) is 20.8. The lowest BCUT2D eigenvalue weighted by Crippen LogP contribution is -1.85. The van der Waals surface area contributed by atoms with Crippen LogP contribution in [-0.2, 0) is 0 Å². The van der Waals surface area contributed by atoms with Gasteiger partial charge in [-0.15, -0.1) is 0 Å². The molecule has 31 heavy (non-hydrogen) atoms. The maximum absolute atomic E-state index is 14.4. The molecule has 4 aromatic heterocycles. The summed E-state index contributed by atoms with van der Waals surface area (Å²) in [7, 11) is 0. The lowest BCUT2D eigenvalue weighted by atomic mass is 10.0. The number of pyridine rings is 2. The van der Waals surface area contributed by atoms with Crippen LogP contribution < -0.4 is 0 Å². The highest BCUT2D eigenvalue weighted by Gasteiger charge is 2.16. The predicted molar refractivity (Wildman–Crippen MR) is 120 cm³/mol. The Morgan fingerprint density at radius 3 is 2.55 bits per heavy atom. The Morgan fingerprint density at radius 1 is 0.774 bits per heavy atom. The van der Waals surface area contributed by atoms with Gasteiger partial charge in [0.15, 0.2) is 0 Å². The number of aromatic nitrogens is 5. The smallest absolute Gasteiger partial charge is 0.131 e. The molecule has 0 bridgehead atoms.